The van der Waals surface area contributed by atoms with Gasteiger partial charge in [0.05, 0.1) is 6.61 Å². The standard InChI is InChI=1S/C14H22FNO/c1-10(2)8-11(3)16(4)14-7-5-6-13(15)12(14)9-17/h5-7,10-11,17H,8-9H2,1-4H3. The van der Waals surface area contributed by atoms with Crippen LogP contribution in [0.5, 0.6) is 0 Å². The van der Waals surface area contributed by atoms with E-state index in [1.807, 2.05) is 18.0 Å². The molecule has 1 atom stereocenters. The molecular formula is C14H22FNO. The van der Waals surface area contributed by atoms with Gasteiger partial charge in [-0.2, -0.15) is 0 Å². The van der Waals surface area contributed by atoms with Crippen LogP contribution in [0.3, 0.4) is 0 Å². The Labute approximate surface area is 103 Å². The van der Waals surface area contributed by atoms with Crippen LogP contribution in [0.1, 0.15) is 32.8 Å². The minimum absolute atomic E-state index is 0.263. The number of hydrogen-bond acceptors (Lipinski definition) is 2. The quantitative estimate of drug-likeness (QED) is 0.853. The molecule has 0 saturated heterocycles. The van der Waals surface area contributed by atoms with Gasteiger partial charge in [0, 0.05) is 24.3 Å². The second-order valence-electron chi connectivity index (χ2n) is 4.99. The van der Waals surface area contributed by atoms with Crippen LogP contribution in [-0.2, 0) is 6.61 Å². The highest BCUT2D eigenvalue weighted by Gasteiger charge is 2.16. The van der Waals surface area contributed by atoms with Crippen molar-refractivity contribution in [1.82, 2.24) is 0 Å². The Morgan fingerprint density at radius 3 is 2.47 bits per heavy atom. The van der Waals surface area contributed by atoms with Crippen molar-refractivity contribution in [2.45, 2.75) is 39.8 Å². The van der Waals surface area contributed by atoms with E-state index in [0.29, 0.717) is 17.5 Å². The van der Waals surface area contributed by atoms with Crippen molar-refractivity contribution >= 4 is 5.69 Å². The van der Waals surface area contributed by atoms with Gasteiger partial charge in [0.1, 0.15) is 5.82 Å². The summed E-state index contributed by atoms with van der Waals surface area (Å²) in [6.07, 6.45) is 1.04. The zero-order chi connectivity index (χ0) is 13.0. The lowest BCUT2D eigenvalue weighted by Crippen LogP contribution is -2.31. The largest absolute Gasteiger partial charge is 0.391 e. The minimum atomic E-state index is -0.339. The van der Waals surface area contributed by atoms with Crippen LogP contribution in [0.2, 0.25) is 0 Å². The maximum Gasteiger partial charge on any atom is 0.130 e. The van der Waals surface area contributed by atoms with Crippen molar-refractivity contribution in [1.29, 1.82) is 0 Å². The maximum absolute atomic E-state index is 13.6. The number of benzene rings is 1. The fourth-order valence-electron chi connectivity index (χ4n) is 2.11. The topological polar surface area (TPSA) is 23.5 Å². The molecule has 1 aromatic rings. The van der Waals surface area contributed by atoms with E-state index in [0.717, 1.165) is 12.1 Å². The summed E-state index contributed by atoms with van der Waals surface area (Å²) in [7, 11) is 1.95. The first-order valence-corrected chi connectivity index (χ1v) is 6.08. The number of aliphatic hydroxyl groups excluding tert-OH is 1. The van der Waals surface area contributed by atoms with Gasteiger partial charge in [-0.1, -0.05) is 19.9 Å². The third-order valence-corrected chi connectivity index (χ3v) is 3.11. The Morgan fingerprint density at radius 2 is 1.94 bits per heavy atom. The average Bonchev–Trinajstić information content (AvgIpc) is 2.26. The molecule has 0 aliphatic heterocycles. The maximum atomic E-state index is 13.6. The highest BCUT2D eigenvalue weighted by molar-refractivity contribution is 5.54. The Morgan fingerprint density at radius 1 is 1.29 bits per heavy atom. The SMILES string of the molecule is CC(C)CC(C)N(C)c1cccc(F)c1CO. The molecule has 2 nitrogen and oxygen atoms in total. The van der Waals surface area contributed by atoms with Crippen LogP contribution in [0.25, 0.3) is 0 Å². The van der Waals surface area contributed by atoms with E-state index in [-0.39, 0.29) is 12.4 Å². The average molecular weight is 239 g/mol. The van der Waals surface area contributed by atoms with E-state index in [1.165, 1.54) is 6.07 Å². The van der Waals surface area contributed by atoms with Gasteiger partial charge in [0.25, 0.3) is 0 Å². The molecule has 0 fully saturated rings. The molecule has 1 unspecified atom stereocenters. The van der Waals surface area contributed by atoms with Gasteiger partial charge < -0.3 is 10.0 Å². The molecule has 0 saturated carbocycles. The summed E-state index contributed by atoms with van der Waals surface area (Å²) >= 11 is 0. The van der Waals surface area contributed by atoms with Crippen molar-refractivity contribution in [3.8, 4) is 0 Å². The molecule has 1 rings (SSSR count). The summed E-state index contributed by atoms with van der Waals surface area (Å²) in [6, 6.07) is 5.24. The van der Waals surface area contributed by atoms with Gasteiger partial charge >= 0.3 is 0 Å². The predicted molar refractivity (Wildman–Crippen MR) is 69.6 cm³/mol. The predicted octanol–water partition coefficient (Wildman–Crippen LogP) is 3.19. The van der Waals surface area contributed by atoms with E-state index in [2.05, 4.69) is 20.8 Å². The minimum Gasteiger partial charge on any atom is -0.391 e. The number of anilines is 1. The summed E-state index contributed by atoms with van der Waals surface area (Å²) in [4.78, 5) is 2.04. The first-order valence-electron chi connectivity index (χ1n) is 6.08. The molecule has 0 bridgehead atoms. The molecule has 0 aliphatic rings. The van der Waals surface area contributed by atoms with Crippen molar-refractivity contribution < 1.29 is 9.50 Å². The molecule has 17 heavy (non-hydrogen) atoms. The third-order valence-electron chi connectivity index (χ3n) is 3.11. The fourth-order valence-corrected chi connectivity index (χ4v) is 2.11. The second-order valence-corrected chi connectivity index (χ2v) is 4.99. The van der Waals surface area contributed by atoms with E-state index in [1.54, 1.807) is 6.07 Å². The summed E-state index contributed by atoms with van der Waals surface area (Å²) in [5.41, 5.74) is 1.16. The van der Waals surface area contributed by atoms with Crippen molar-refractivity contribution in [2.24, 2.45) is 5.92 Å². The highest BCUT2D eigenvalue weighted by Crippen LogP contribution is 2.25. The Hall–Kier alpha value is -1.09. The lowest BCUT2D eigenvalue weighted by molar-refractivity contribution is 0.276. The lowest BCUT2D eigenvalue weighted by Gasteiger charge is -2.30. The van der Waals surface area contributed by atoms with Gasteiger partial charge in [0.2, 0.25) is 0 Å². The van der Waals surface area contributed by atoms with E-state index < -0.39 is 0 Å². The number of aliphatic hydroxyl groups is 1. The molecular weight excluding hydrogens is 217 g/mol. The highest BCUT2D eigenvalue weighted by atomic mass is 19.1. The van der Waals surface area contributed by atoms with Crippen LogP contribution in [0.4, 0.5) is 10.1 Å². The summed E-state index contributed by atoms with van der Waals surface area (Å²) in [5, 5.41) is 9.25. The molecule has 1 N–H and O–H groups in total. The van der Waals surface area contributed by atoms with Crippen molar-refractivity contribution in [3.05, 3.63) is 29.6 Å². The summed E-state index contributed by atoms with van der Waals surface area (Å²) < 4.78 is 13.6. The van der Waals surface area contributed by atoms with Crippen LogP contribution in [-0.4, -0.2) is 18.2 Å². The van der Waals surface area contributed by atoms with Crippen LogP contribution >= 0.6 is 0 Å². The van der Waals surface area contributed by atoms with Gasteiger partial charge in [-0.3, -0.25) is 0 Å². The summed E-state index contributed by atoms with van der Waals surface area (Å²) in [6.45, 7) is 6.19. The Balaban J connectivity index is 2.95. The monoisotopic (exact) mass is 239 g/mol. The van der Waals surface area contributed by atoms with Crippen LogP contribution in [0, 0.1) is 11.7 Å². The number of hydrogen-bond donors (Lipinski definition) is 1. The second kappa shape index (κ2) is 6.01. The smallest absolute Gasteiger partial charge is 0.130 e. The molecule has 0 radical (unpaired) electrons. The zero-order valence-electron chi connectivity index (χ0n) is 11.1. The number of rotatable bonds is 5. The van der Waals surface area contributed by atoms with E-state index in [4.69, 9.17) is 0 Å². The van der Waals surface area contributed by atoms with Crippen LogP contribution < -0.4 is 4.90 Å². The Bertz CT molecular complexity index is 365. The van der Waals surface area contributed by atoms with Gasteiger partial charge in [0.15, 0.2) is 0 Å². The van der Waals surface area contributed by atoms with Crippen molar-refractivity contribution in [2.75, 3.05) is 11.9 Å². The summed E-state index contributed by atoms with van der Waals surface area (Å²) in [5.74, 6) is 0.257. The first-order chi connectivity index (χ1) is 7.97. The fraction of sp³-hybridized carbons (Fsp3) is 0.571. The van der Waals surface area contributed by atoms with Crippen LogP contribution in [0.15, 0.2) is 18.2 Å². The van der Waals surface area contributed by atoms with Crippen molar-refractivity contribution in [3.63, 3.8) is 0 Å². The molecule has 0 aromatic heterocycles. The number of halogens is 1. The Kier molecular flexibility index (Phi) is 4.94. The molecule has 0 aliphatic carbocycles. The zero-order valence-corrected chi connectivity index (χ0v) is 11.1. The first kappa shape index (κ1) is 14.0. The van der Waals surface area contributed by atoms with Gasteiger partial charge in [-0.15, -0.1) is 0 Å². The van der Waals surface area contributed by atoms with E-state index >= 15 is 0 Å². The molecule has 3 heteroatoms. The normalized spacial score (nSPS) is 12.9. The van der Waals surface area contributed by atoms with Gasteiger partial charge in [-0.25, -0.2) is 4.39 Å². The molecule has 0 spiro atoms. The molecule has 1 aromatic carbocycles. The molecule has 0 heterocycles. The number of nitrogens with zero attached hydrogens (tertiary/aromatic N) is 1. The third kappa shape index (κ3) is 3.43. The van der Waals surface area contributed by atoms with Gasteiger partial charge in [-0.05, 0) is 31.4 Å². The molecule has 0 amide bonds. The lowest BCUT2D eigenvalue weighted by atomic mass is 10.0. The van der Waals surface area contributed by atoms with E-state index in [9.17, 15) is 9.50 Å². The molecule has 96 valence electrons.